The lowest BCUT2D eigenvalue weighted by molar-refractivity contribution is 0.216. The van der Waals surface area contributed by atoms with E-state index < -0.39 is 0 Å². The van der Waals surface area contributed by atoms with Crippen LogP contribution in [0.3, 0.4) is 0 Å². The molecule has 0 saturated carbocycles. The van der Waals surface area contributed by atoms with Gasteiger partial charge in [-0.1, -0.05) is 0 Å². The second-order valence-corrected chi connectivity index (χ2v) is 4.32. The van der Waals surface area contributed by atoms with E-state index in [1.807, 2.05) is 18.7 Å². The highest BCUT2D eigenvalue weighted by Gasteiger charge is 2.24. The Kier molecular flexibility index (Phi) is 2.13. The molecule has 0 spiro atoms. The van der Waals surface area contributed by atoms with Crippen molar-refractivity contribution in [2.45, 2.75) is 6.54 Å². The maximum absolute atomic E-state index is 4.00. The quantitative estimate of drug-likeness (QED) is 0.590. The molecule has 1 saturated heterocycles. The predicted molar refractivity (Wildman–Crippen MR) is 51.3 cm³/mol. The molecule has 2 heterocycles. The highest BCUT2D eigenvalue weighted by molar-refractivity contribution is 14.1. The molecule has 0 radical (unpaired) electrons. The smallest absolute Gasteiger partial charge is 0.0946 e. The Bertz CT molecular complexity index is 216. The van der Waals surface area contributed by atoms with Crippen molar-refractivity contribution < 1.29 is 0 Å². The number of hydrogen-bond donors (Lipinski definition) is 0. The van der Waals surface area contributed by atoms with Crippen molar-refractivity contribution in [3.63, 3.8) is 0 Å². The van der Waals surface area contributed by atoms with Crippen LogP contribution in [0, 0.1) is 5.92 Å². The fourth-order valence-electron chi connectivity index (χ4n) is 1.32. The minimum Gasteiger partial charge on any atom is -0.337 e. The van der Waals surface area contributed by atoms with Crippen molar-refractivity contribution in [1.29, 1.82) is 0 Å². The predicted octanol–water partition coefficient (Wildman–Crippen LogP) is 1.16. The van der Waals surface area contributed by atoms with Crippen LogP contribution in [0.1, 0.15) is 0 Å². The molecule has 1 aliphatic rings. The Labute approximate surface area is 79.9 Å². The van der Waals surface area contributed by atoms with Crippen LogP contribution in [0.25, 0.3) is 0 Å². The monoisotopic (exact) mass is 263 g/mol. The normalized spacial score (nSPS) is 20.1. The van der Waals surface area contributed by atoms with E-state index in [0.29, 0.717) is 0 Å². The molecule has 0 N–H and O–H groups in total. The van der Waals surface area contributed by atoms with Crippen LogP contribution in [-0.4, -0.2) is 25.8 Å². The number of hydrogen-bond acceptors (Lipinski definition) is 2. The molecule has 60 valence electrons. The summed E-state index contributed by atoms with van der Waals surface area (Å²) < 4.78 is 4.45. The first-order valence-electron chi connectivity index (χ1n) is 3.71. The van der Waals surface area contributed by atoms with Gasteiger partial charge in [0.05, 0.1) is 6.33 Å². The fraction of sp³-hybridized carbons (Fsp3) is 0.571. The van der Waals surface area contributed by atoms with Gasteiger partial charge >= 0.3 is 0 Å². The van der Waals surface area contributed by atoms with Gasteiger partial charge in [0.2, 0.25) is 0 Å². The van der Waals surface area contributed by atoms with E-state index in [0.717, 1.165) is 12.5 Å². The highest BCUT2D eigenvalue weighted by atomic mass is 127. The van der Waals surface area contributed by atoms with Gasteiger partial charge < -0.3 is 4.57 Å². The zero-order chi connectivity index (χ0) is 7.68. The zero-order valence-electron chi connectivity index (χ0n) is 6.15. The van der Waals surface area contributed by atoms with E-state index in [1.54, 1.807) is 0 Å². The third kappa shape index (κ3) is 1.73. The van der Waals surface area contributed by atoms with Crippen LogP contribution in [0.15, 0.2) is 18.7 Å². The van der Waals surface area contributed by atoms with Crippen molar-refractivity contribution in [3.8, 4) is 0 Å². The molecule has 11 heavy (non-hydrogen) atoms. The average Bonchev–Trinajstić information content (AvgIpc) is 2.36. The Balaban J connectivity index is 1.84. The molecule has 0 atom stereocenters. The summed E-state index contributed by atoms with van der Waals surface area (Å²) in [6, 6.07) is 0. The Morgan fingerprint density at radius 2 is 2.36 bits per heavy atom. The second-order valence-electron chi connectivity index (χ2n) is 2.95. The van der Waals surface area contributed by atoms with Gasteiger partial charge in [-0.05, 0) is 0 Å². The standard InChI is InChI=1S/C7H10IN3/c8-11-4-7(5-11)3-10-2-1-9-6-10/h1-2,6-7H,3-5H2. The molecule has 3 nitrogen and oxygen atoms in total. The average molecular weight is 263 g/mol. The zero-order valence-corrected chi connectivity index (χ0v) is 8.31. The summed E-state index contributed by atoms with van der Waals surface area (Å²) in [6.45, 7) is 3.57. The van der Waals surface area contributed by atoms with Crippen LogP contribution in [0.5, 0.6) is 0 Å². The molecule has 0 amide bonds. The van der Waals surface area contributed by atoms with Crippen molar-refractivity contribution in [2.24, 2.45) is 5.92 Å². The van der Waals surface area contributed by atoms with E-state index in [-0.39, 0.29) is 0 Å². The van der Waals surface area contributed by atoms with E-state index >= 15 is 0 Å². The van der Waals surface area contributed by atoms with Gasteiger partial charge in [-0.2, -0.15) is 0 Å². The molecule has 1 aromatic rings. The molecule has 1 aliphatic heterocycles. The van der Waals surface area contributed by atoms with Gasteiger partial charge in [0.15, 0.2) is 0 Å². The van der Waals surface area contributed by atoms with Crippen molar-refractivity contribution in [2.75, 3.05) is 13.1 Å². The van der Waals surface area contributed by atoms with Gasteiger partial charge in [0.1, 0.15) is 0 Å². The maximum Gasteiger partial charge on any atom is 0.0946 e. The molecule has 0 bridgehead atoms. The summed E-state index contributed by atoms with van der Waals surface area (Å²) in [6.07, 6.45) is 5.74. The van der Waals surface area contributed by atoms with Crippen LogP contribution < -0.4 is 0 Å². The summed E-state index contributed by atoms with van der Waals surface area (Å²) in [5.74, 6) is 0.834. The molecular weight excluding hydrogens is 253 g/mol. The molecule has 0 aromatic carbocycles. The minimum absolute atomic E-state index is 0.834. The number of aromatic nitrogens is 2. The van der Waals surface area contributed by atoms with Crippen LogP contribution in [-0.2, 0) is 6.54 Å². The van der Waals surface area contributed by atoms with Gasteiger partial charge in [-0.25, -0.2) is 8.10 Å². The molecule has 1 fully saturated rings. The summed E-state index contributed by atoms with van der Waals surface area (Å²) >= 11 is 2.36. The van der Waals surface area contributed by atoms with Gasteiger partial charge in [-0.15, -0.1) is 0 Å². The largest absolute Gasteiger partial charge is 0.337 e. The maximum atomic E-state index is 4.00. The van der Waals surface area contributed by atoms with Crippen molar-refractivity contribution >= 4 is 22.9 Å². The van der Waals surface area contributed by atoms with E-state index in [2.05, 4.69) is 35.5 Å². The first-order chi connectivity index (χ1) is 5.34. The third-order valence-electron chi connectivity index (χ3n) is 1.94. The fourth-order valence-corrected chi connectivity index (χ4v) is 2.43. The van der Waals surface area contributed by atoms with Gasteiger partial charge in [0, 0.05) is 60.8 Å². The number of nitrogens with zero attached hydrogens (tertiary/aromatic N) is 3. The third-order valence-corrected chi connectivity index (χ3v) is 2.73. The van der Waals surface area contributed by atoms with Gasteiger partial charge in [0.25, 0.3) is 0 Å². The summed E-state index contributed by atoms with van der Waals surface area (Å²) in [5.41, 5.74) is 0. The van der Waals surface area contributed by atoms with E-state index in [1.165, 1.54) is 13.1 Å². The van der Waals surface area contributed by atoms with Crippen LogP contribution in [0.2, 0.25) is 0 Å². The van der Waals surface area contributed by atoms with Crippen molar-refractivity contribution in [3.05, 3.63) is 18.7 Å². The number of halogens is 1. The molecule has 2 rings (SSSR count). The van der Waals surface area contributed by atoms with Crippen LogP contribution >= 0.6 is 22.9 Å². The summed E-state index contributed by atoms with van der Waals surface area (Å²) in [4.78, 5) is 4.00. The SMILES string of the molecule is IN1CC(Cn2ccnc2)C1. The van der Waals surface area contributed by atoms with E-state index in [9.17, 15) is 0 Å². The lowest BCUT2D eigenvalue weighted by atomic mass is 10.0. The lowest BCUT2D eigenvalue weighted by Gasteiger charge is -2.34. The molecule has 0 aliphatic carbocycles. The Hall–Kier alpha value is -0.100. The number of rotatable bonds is 2. The lowest BCUT2D eigenvalue weighted by Crippen LogP contribution is -2.41. The molecule has 4 heteroatoms. The molecule has 1 aromatic heterocycles. The first kappa shape index (κ1) is 7.54. The second kappa shape index (κ2) is 3.10. The Morgan fingerprint density at radius 3 is 2.91 bits per heavy atom. The summed E-state index contributed by atoms with van der Waals surface area (Å²) in [5, 5.41) is 0. The summed E-state index contributed by atoms with van der Waals surface area (Å²) in [7, 11) is 0. The van der Waals surface area contributed by atoms with Crippen LogP contribution in [0.4, 0.5) is 0 Å². The van der Waals surface area contributed by atoms with Crippen molar-refractivity contribution in [1.82, 2.24) is 12.7 Å². The van der Waals surface area contributed by atoms with E-state index in [4.69, 9.17) is 0 Å². The molecular formula is C7H10IN3. The highest BCUT2D eigenvalue weighted by Crippen LogP contribution is 2.20. The topological polar surface area (TPSA) is 21.1 Å². The first-order valence-corrected chi connectivity index (χ1v) is 4.67. The Morgan fingerprint density at radius 1 is 1.55 bits per heavy atom. The minimum atomic E-state index is 0.834. The molecule has 0 unspecified atom stereocenters. The number of imidazole rings is 1. The van der Waals surface area contributed by atoms with Gasteiger partial charge in [-0.3, -0.25) is 0 Å².